The molecule has 1 aliphatic heterocycles. The van der Waals surface area contributed by atoms with Gasteiger partial charge in [-0.3, -0.25) is 4.99 Å². The quantitative estimate of drug-likeness (QED) is 0.686. The number of guanidine groups is 1. The van der Waals surface area contributed by atoms with Crippen LogP contribution in [0.25, 0.3) is 0 Å². The van der Waals surface area contributed by atoms with E-state index in [1.165, 1.54) is 18.6 Å². The van der Waals surface area contributed by atoms with E-state index in [-0.39, 0.29) is 11.9 Å². The SMILES string of the molecule is CN=C(NCC(C)Oc1cccc(F)c1)N1CCC(C)(C)C1. The molecule has 0 saturated carbocycles. The number of nitrogens with zero attached hydrogens (tertiary/aromatic N) is 2. The molecule has 1 aromatic rings. The second kappa shape index (κ2) is 6.99. The molecule has 1 N–H and O–H groups in total. The fraction of sp³-hybridized carbons (Fsp3) is 0.588. The lowest BCUT2D eigenvalue weighted by molar-refractivity contribution is 0.221. The Labute approximate surface area is 132 Å². The van der Waals surface area contributed by atoms with Crippen LogP contribution in [-0.4, -0.2) is 43.6 Å². The molecule has 4 nitrogen and oxygen atoms in total. The smallest absolute Gasteiger partial charge is 0.193 e. The number of ether oxygens (including phenoxy) is 1. The van der Waals surface area contributed by atoms with Gasteiger partial charge in [0.2, 0.25) is 0 Å². The lowest BCUT2D eigenvalue weighted by Gasteiger charge is -2.25. The number of aliphatic imine (C=N–C) groups is 1. The summed E-state index contributed by atoms with van der Waals surface area (Å²) in [5, 5.41) is 3.34. The van der Waals surface area contributed by atoms with E-state index >= 15 is 0 Å². The largest absolute Gasteiger partial charge is 0.489 e. The van der Waals surface area contributed by atoms with E-state index in [1.54, 1.807) is 19.2 Å². The number of halogens is 1. The minimum atomic E-state index is -0.284. The Morgan fingerprint density at radius 3 is 2.86 bits per heavy atom. The molecular formula is C17H26FN3O. The van der Waals surface area contributed by atoms with E-state index in [2.05, 4.69) is 29.1 Å². The predicted molar refractivity (Wildman–Crippen MR) is 87.8 cm³/mol. The zero-order valence-corrected chi connectivity index (χ0v) is 13.9. The fourth-order valence-electron chi connectivity index (χ4n) is 2.67. The van der Waals surface area contributed by atoms with Gasteiger partial charge in [0.15, 0.2) is 5.96 Å². The van der Waals surface area contributed by atoms with Crippen molar-refractivity contribution in [2.24, 2.45) is 10.4 Å². The maximum absolute atomic E-state index is 13.1. The van der Waals surface area contributed by atoms with Crippen LogP contribution in [0.2, 0.25) is 0 Å². The molecule has 0 spiro atoms. The molecule has 0 amide bonds. The van der Waals surface area contributed by atoms with E-state index < -0.39 is 0 Å². The summed E-state index contributed by atoms with van der Waals surface area (Å²) in [5.41, 5.74) is 0.335. The van der Waals surface area contributed by atoms with Crippen LogP contribution in [0.5, 0.6) is 5.75 Å². The van der Waals surface area contributed by atoms with Crippen molar-refractivity contribution < 1.29 is 9.13 Å². The molecule has 1 fully saturated rings. The van der Waals surface area contributed by atoms with Gasteiger partial charge in [-0.15, -0.1) is 0 Å². The van der Waals surface area contributed by atoms with E-state index in [0.29, 0.717) is 17.7 Å². The Morgan fingerprint density at radius 2 is 2.27 bits per heavy atom. The summed E-state index contributed by atoms with van der Waals surface area (Å²) in [4.78, 5) is 6.62. The number of nitrogens with one attached hydrogen (secondary N) is 1. The summed E-state index contributed by atoms with van der Waals surface area (Å²) in [6.45, 7) is 9.16. The molecule has 1 atom stereocenters. The zero-order valence-electron chi connectivity index (χ0n) is 13.9. The van der Waals surface area contributed by atoms with Gasteiger partial charge in [0.05, 0.1) is 6.54 Å². The van der Waals surface area contributed by atoms with Crippen molar-refractivity contribution in [3.63, 3.8) is 0 Å². The summed E-state index contributed by atoms with van der Waals surface area (Å²) in [5.74, 6) is 1.17. The van der Waals surface area contributed by atoms with Crippen molar-refractivity contribution in [1.82, 2.24) is 10.2 Å². The van der Waals surface area contributed by atoms with Crippen LogP contribution in [0.3, 0.4) is 0 Å². The first kappa shape index (κ1) is 16.6. The Bertz CT molecular complexity index is 530. The van der Waals surface area contributed by atoms with Gasteiger partial charge >= 0.3 is 0 Å². The van der Waals surface area contributed by atoms with Gasteiger partial charge in [-0.05, 0) is 30.9 Å². The highest BCUT2D eigenvalue weighted by Crippen LogP contribution is 2.28. The van der Waals surface area contributed by atoms with Gasteiger partial charge in [0, 0.05) is 26.2 Å². The van der Waals surface area contributed by atoms with Gasteiger partial charge in [-0.2, -0.15) is 0 Å². The Hall–Kier alpha value is -1.78. The van der Waals surface area contributed by atoms with E-state index in [9.17, 15) is 4.39 Å². The van der Waals surface area contributed by atoms with Crippen LogP contribution in [0.4, 0.5) is 4.39 Å². The van der Waals surface area contributed by atoms with Gasteiger partial charge in [-0.1, -0.05) is 19.9 Å². The fourth-order valence-corrected chi connectivity index (χ4v) is 2.67. The highest BCUT2D eigenvalue weighted by atomic mass is 19.1. The monoisotopic (exact) mass is 307 g/mol. The van der Waals surface area contributed by atoms with Crippen LogP contribution in [0.1, 0.15) is 27.2 Å². The molecule has 2 rings (SSSR count). The molecular weight excluding hydrogens is 281 g/mol. The zero-order chi connectivity index (χ0) is 16.2. The van der Waals surface area contributed by atoms with Crippen LogP contribution in [-0.2, 0) is 0 Å². The van der Waals surface area contributed by atoms with E-state index in [0.717, 1.165) is 19.0 Å². The first-order valence-corrected chi connectivity index (χ1v) is 7.77. The molecule has 22 heavy (non-hydrogen) atoms. The lowest BCUT2D eigenvalue weighted by atomic mass is 9.93. The Balaban J connectivity index is 1.83. The Kier molecular flexibility index (Phi) is 5.27. The molecule has 0 bridgehead atoms. The maximum atomic E-state index is 13.1. The molecule has 1 saturated heterocycles. The van der Waals surface area contributed by atoms with E-state index in [4.69, 9.17) is 4.74 Å². The van der Waals surface area contributed by atoms with Gasteiger partial charge < -0.3 is 15.0 Å². The number of benzene rings is 1. The minimum absolute atomic E-state index is 0.0748. The molecule has 122 valence electrons. The standard InChI is InChI=1S/C17H26FN3O/c1-13(22-15-7-5-6-14(18)10-15)11-20-16(19-4)21-9-8-17(2,3)12-21/h5-7,10,13H,8-9,11-12H2,1-4H3,(H,19,20). The lowest BCUT2D eigenvalue weighted by Crippen LogP contribution is -2.44. The molecule has 5 heteroatoms. The third-order valence-corrected chi connectivity index (χ3v) is 3.87. The van der Waals surface area contributed by atoms with Crippen LogP contribution in [0, 0.1) is 11.2 Å². The normalized spacial score (nSPS) is 19.1. The minimum Gasteiger partial charge on any atom is -0.489 e. The first-order chi connectivity index (χ1) is 10.4. The summed E-state index contributed by atoms with van der Waals surface area (Å²) < 4.78 is 18.9. The van der Waals surface area contributed by atoms with Crippen molar-refractivity contribution >= 4 is 5.96 Å². The van der Waals surface area contributed by atoms with Crippen molar-refractivity contribution in [1.29, 1.82) is 0 Å². The molecule has 1 aromatic carbocycles. The van der Waals surface area contributed by atoms with Crippen molar-refractivity contribution in [2.75, 3.05) is 26.7 Å². The average Bonchev–Trinajstić information content (AvgIpc) is 2.80. The second-order valence-corrected chi connectivity index (χ2v) is 6.65. The molecule has 1 aliphatic rings. The number of hydrogen-bond donors (Lipinski definition) is 1. The molecule has 0 aromatic heterocycles. The molecule has 0 radical (unpaired) electrons. The van der Waals surface area contributed by atoms with Crippen molar-refractivity contribution in [2.45, 2.75) is 33.3 Å². The second-order valence-electron chi connectivity index (χ2n) is 6.65. The van der Waals surface area contributed by atoms with Crippen molar-refractivity contribution in [3.05, 3.63) is 30.1 Å². The summed E-state index contributed by atoms with van der Waals surface area (Å²) in [7, 11) is 1.80. The van der Waals surface area contributed by atoms with Crippen LogP contribution >= 0.6 is 0 Å². The first-order valence-electron chi connectivity index (χ1n) is 7.77. The Morgan fingerprint density at radius 1 is 1.50 bits per heavy atom. The van der Waals surface area contributed by atoms with Gasteiger partial charge in [0.25, 0.3) is 0 Å². The highest BCUT2D eigenvalue weighted by Gasteiger charge is 2.30. The molecule has 1 heterocycles. The summed E-state index contributed by atoms with van der Waals surface area (Å²) >= 11 is 0. The highest BCUT2D eigenvalue weighted by molar-refractivity contribution is 5.80. The summed E-state index contributed by atoms with van der Waals surface area (Å²) in [6.07, 6.45) is 1.09. The van der Waals surface area contributed by atoms with Crippen LogP contribution < -0.4 is 10.1 Å². The van der Waals surface area contributed by atoms with Crippen LogP contribution in [0.15, 0.2) is 29.3 Å². The number of rotatable bonds is 4. The summed E-state index contributed by atoms with van der Waals surface area (Å²) in [6, 6.07) is 6.22. The third kappa shape index (κ3) is 4.61. The third-order valence-electron chi connectivity index (χ3n) is 3.87. The predicted octanol–water partition coefficient (Wildman–Crippen LogP) is 2.90. The van der Waals surface area contributed by atoms with Gasteiger partial charge in [0.1, 0.15) is 17.7 Å². The topological polar surface area (TPSA) is 36.9 Å². The molecule has 1 unspecified atom stereocenters. The van der Waals surface area contributed by atoms with Crippen molar-refractivity contribution in [3.8, 4) is 5.75 Å². The van der Waals surface area contributed by atoms with Gasteiger partial charge in [-0.25, -0.2) is 4.39 Å². The molecule has 0 aliphatic carbocycles. The number of likely N-dealkylation sites (tertiary alicyclic amines) is 1. The average molecular weight is 307 g/mol. The maximum Gasteiger partial charge on any atom is 0.193 e. The number of hydrogen-bond acceptors (Lipinski definition) is 2. The van der Waals surface area contributed by atoms with E-state index in [1.807, 2.05) is 6.92 Å².